The Hall–Kier alpha value is -1.43. The van der Waals surface area contributed by atoms with Gasteiger partial charge < -0.3 is 14.2 Å². The van der Waals surface area contributed by atoms with Gasteiger partial charge in [0.1, 0.15) is 0 Å². The minimum Gasteiger partial charge on any atom is -0.381 e. The third-order valence-electron chi connectivity index (χ3n) is 4.14. The molecular weight excluding hydrogens is 270 g/mol. The maximum atomic E-state index is 12.4. The number of aryl methyl sites for hydroxylation is 2. The molecule has 1 saturated heterocycles. The first-order chi connectivity index (χ1) is 10.2. The van der Waals surface area contributed by atoms with Crippen molar-refractivity contribution in [3.63, 3.8) is 0 Å². The highest BCUT2D eigenvalue weighted by Crippen LogP contribution is 2.29. The summed E-state index contributed by atoms with van der Waals surface area (Å²) < 4.78 is 10.5. The maximum absolute atomic E-state index is 12.4. The number of nitrogens with zero attached hydrogens (tertiary/aromatic N) is 3. The molecule has 0 spiro atoms. The summed E-state index contributed by atoms with van der Waals surface area (Å²) in [5, 5.41) is 3.76. The van der Waals surface area contributed by atoms with Crippen molar-refractivity contribution in [2.75, 3.05) is 19.8 Å². The smallest absolute Gasteiger partial charge is 0.226 e. The van der Waals surface area contributed by atoms with Crippen LogP contribution in [0, 0.1) is 12.8 Å². The first-order valence-electron chi connectivity index (χ1n) is 7.89. The third-order valence-corrected chi connectivity index (χ3v) is 4.14. The van der Waals surface area contributed by atoms with Crippen LogP contribution in [0.15, 0.2) is 4.52 Å². The van der Waals surface area contributed by atoms with Crippen LogP contribution < -0.4 is 0 Å². The Morgan fingerprint density at radius 3 is 2.86 bits per heavy atom. The fraction of sp³-hybridized carbons (Fsp3) is 0.800. The number of carbonyl (C=O) groups is 1. The Morgan fingerprint density at radius 1 is 1.38 bits per heavy atom. The topological polar surface area (TPSA) is 68.5 Å². The van der Waals surface area contributed by atoms with Gasteiger partial charge in [-0.2, -0.15) is 4.98 Å². The number of ether oxygens (including phenoxy) is 1. The first-order valence-corrected chi connectivity index (χ1v) is 7.89. The molecular formula is C15H23N3O3. The van der Waals surface area contributed by atoms with E-state index in [1.165, 1.54) is 0 Å². The van der Waals surface area contributed by atoms with Crippen molar-refractivity contribution in [1.29, 1.82) is 0 Å². The molecule has 1 amide bonds. The molecule has 1 atom stereocenters. The number of hydrogen-bond donors (Lipinski definition) is 0. The van der Waals surface area contributed by atoms with E-state index in [-0.39, 0.29) is 5.91 Å². The normalized spacial score (nSPS) is 21.7. The van der Waals surface area contributed by atoms with E-state index in [0.29, 0.717) is 36.5 Å². The zero-order valence-corrected chi connectivity index (χ0v) is 12.6. The highest BCUT2D eigenvalue weighted by Gasteiger charge is 2.34. The number of amides is 1. The monoisotopic (exact) mass is 293 g/mol. The van der Waals surface area contributed by atoms with Gasteiger partial charge in [0.2, 0.25) is 11.8 Å². The average Bonchev–Trinajstić information content (AvgIpc) is 3.01. The van der Waals surface area contributed by atoms with Gasteiger partial charge in [0.05, 0.1) is 6.61 Å². The zero-order valence-electron chi connectivity index (χ0n) is 12.6. The first kappa shape index (κ1) is 14.5. The molecule has 2 fully saturated rings. The lowest BCUT2D eigenvalue weighted by atomic mass is 10.1. The second-order valence-corrected chi connectivity index (χ2v) is 6.10. The van der Waals surface area contributed by atoms with Gasteiger partial charge in [-0.15, -0.1) is 0 Å². The highest BCUT2D eigenvalue weighted by atomic mass is 16.5. The summed E-state index contributed by atoms with van der Waals surface area (Å²) in [6.07, 6.45) is 5.40. The van der Waals surface area contributed by atoms with E-state index < -0.39 is 0 Å². The molecule has 1 aliphatic heterocycles. The quantitative estimate of drug-likeness (QED) is 0.766. The summed E-state index contributed by atoms with van der Waals surface area (Å²) in [6.45, 7) is 4.31. The van der Waals surface area contributed by atoms with Gasteiger partial charge in [-0.05, 0) is 32.6 Å². The van der Waals surface area contributed by atoms with Crippen LogP contribution in [0.5, 0.6) is 0 Å². The molecule has 3 rings (SSSR count). The SMILES string of the molecule is Cc1noc(CCCC(=O)N(CC2CCOC2)C2CC2)n1. The molecule has 0 radical (unpaired) electrons. The molecule has 1 aromatic rings. The molecule has 6 nitrogen and oxygen atoms in total. The van der Waals surface area contributed by atoms with Crippen molar-refractivity contribution in [2.24, 2.45) is 5.92 Å². The lowest BCUT2D eigenvalue weighted by molar-refractivity contribution is -0.132. The number of hydrogen-bond acceptors (Lipinski definition) is 5. The number of rotatable bonds is 7. The largest absolute Gasteiger partial charge is 0.381 e. The Bertz CT molecular complexity index is 478. The van der Waals surface area contributed by atoms with Crippen LogP contribution in [-0.4, -0.2) is 46.7 Å². The maximum Gasteiger partial charge on any atom is 0.226 e. The predicted molar refractivity (Wildman–Crippen MR) is 75.6 cm³/mol. The summed E-state index contributed by atoms with van der Waals surface area (Å²) in [6, 6.07) is 0.476. The fourth-order valence-corrected chi connectivity index (χ4v) is 2.82. The second-order valence-electron chi connectivity index (χ2n) is 6.10. The molecule has 1 aliphatic carbocycles. The molecule has 0 N–H and O–H groups in total. The van der Waals surface area contributed by atoms with Crippen LogP contribution >= 0.6 is 0 Å². The van der Waals surface area contributed by atoms with Crippen molar-refractivity contribution in [3.05, 3.63) is 11.7 Å². The van der Waals surface area contributed by atoms with Crippen LogP contribution in [0.3, 0.4) is 0 Å². The number of aromatic nitrogens is 2. The Labute approximate surface area is 124 Å². The van der Waals surface area contributed by atoms with Crippen LogP contribution in [0.25, 0.3) is 0 Å². The summed E-state index contributed by atoms with van der Waals surface area (Å²) in [5.74, 6) is 2.06. The molecule has 1 unspecified atom stereocenters. The highest BCUT2D eigenvalue weighted by molar-refractivity contribution is 5.76. The predicted octanol–water partition coefficient (Wildman–Crippen LogP) is 1.73. The Kier molecular flexibility index (Phi) is 4.53. The minimum absolute atomic E-state index is 0.264. The van der Waals surface area contributed by atoms with Crippen molar-refractivity contribution in [3.8, 4) is 0 Å². The lowest BCUT2D eigenvalue weighted by Gasteiger charge is -2.25. The van der Waals surface area contributed by atoms with Crippen LogP contribution in [0.4, 0.5) is 0 Å². The molecule has 1 saturated carbocycles. The van der Waals surface area contributed by atoms with Crippen LogP contribution in [-0.2, 0) is 16.0 Å². The van der Waals surface area contributed by atoms with Gasteiger partial charge in [-0.25, -0.2) is 0 Å². The van der Waals surface area contributed by atoms with Gasteiger partial charge >= 0.3 is 0 Å². The molecule has 2 heterocycles. The molecule has 2 aliphatic rings. The third kappa shape index (κ3) is 4.03. The zero-order chi connectivity index (χ0) is 14.7. The van der Waals surface area contributed by atoms with Crippen LogP contribution in [0.2, 0.25) is 0 Å². The van der Waals surface area contributed by atoms with E-state index in [1.807, 2.05) is 0 Å². The van der Waals surface area contributed by atoms with Crippen LogP contribution in [0.1, 0.15) is 43.8 Å². The van der Waals surface area contributed by atoms with Gasteiger partial charge in [0.25, 0.3) is 0 Å². The molecule has 1 aromatic heterocycles. The van der Waals surface area contributed by atoms with E-state index in [4.69, 9.17) is 9.26 Å². The van der Waals surface area contributed by atoms with Crippen molar-refractivity contribution in [2.45, 2.75) is 51.5 Å². The molecule has 0 bridgehead atoms. The van der Waals surface area contributed by atoms with Gasteiger partial charge in [0, 0.05) is 38.0 Å². The Balaban J connectivity index is 1.45. The van der Waals surface area contributed by atoms with E-state index in [9.17, 15) is 4.79 Å². The standard InChI is InChI=1S/C15H23N3O3/c1-11-16-14(21-17-11)3-2-4-15(19)18(13-5-6-13)9-12-7-8-20-10-12/h12-13H,2-10H2,1H3. The van der Waals surface area contributed by atoms with E-state index in [1.54, 1.807) is 6.92 Å². The van der Waals surface area contributed by atoms with E-state index >= 15 is 0 Å². The summed E-state index contributed by atoms with van der Waals surface area (Å²) in [5.41, 5.74) is 0. The second kappa shape index (κ2) is 6.56. The summed E-state index contributed by atoms with van der Waals surface area (Å²) in [7, 11) is 0. The molecule has 0 aromatic carbocycles. The summed E-state index contributed by atoms with van der Waals surface area (Å²) in [4.78, 5) is 18.7. The molecule has 116 valence electrons. The molecule has 21 heavy (non-hydrogen) atoms. The van der Waals surface area contributed by atoms with Crippen molar-refractivity contribution in [1.82, 2.24) is 15.0 Å². The Morgan fingerprint density at radius 2 is 2.24 bits per heavy atom. The van der Waals surface area contributed by atoms with Crippen molar-refractivity contribution >= 4 is 5.91 Å². The van der Waals surface area contributed by atoms with Gasteiger partial charge in [0.15, 0.2) is 5.82 Å². The van der Waals surface area contributed by atoms with E-state index in [0.717, 1.165) is 45.4 Å². The minimum atomic E-state index is 0.264. The fourth-order valence-electron chi connectivity index (χ4n) is 2.82. The number of carbonyl (C=O) groups excluding carboxylic acids is 1. The van der Waals surface area contributed by atoms with E-state index in [2.05, 4.69) is 15.0 Å². The molecule has 6 heteroatoms. The van der Waals surface area contributed by atoms with Gasteiger partial charge in [-0.3, -0.25) is 4.79 Å². The average molecular weight is 293 g/mol. The van der Waals surface area contributed by atoms with Gasteiger partial charge in [-0.1, -0.05) is 5.16 Å². The summed E-state index contributed by atoms with van der Waals surface area (Å²) >= 11 is 0. The lowest BCUT2D eigenvalue weighted by Crippen LogP contribution is -2.37. The van der Waals surface area contributed by atoms with Crippen molar-refractivity contribution < 1.29 is 14.1 Å².